The average molecular weight is 427 g/mol. The van der Waals surface area contributed by atoms with E-state index in [1.54, 1.807) is 14.0 Å². The van der Waals surface area contributed by atoms with Crippen molar-refractivity contribution in [3.63, 3.8) is 0 Å². The van der Waals surface area contributed by atoms with Crippen molar-refractivity contribution in [1.82, 2.24) is 20.8 Å². The molecule has 0 amide bonds. The zero-order valence-electron chi connectivity index (χ0n) is 13.4. The van der Waals surface area contributed by atoms with Gasteiger partial charge in [-0.2, -0.15) is 4.98 Å². The van der Waals surface area contributed by atoms with Crippen LogP contribution in [0.1, 0.15) is 25.1 Å². The summed E-state index contributed by atoms with van der Waals surface area (Å²) in [5.41, 5.74) is 0. The van der Waals surface area contributed by atoms with E-state index in [1.807, 2.05) is 6.92 Å². The highest BCUT2D eigenvalue weighted by Gasteiger charge is 2.02. The molecular formula is C13H26IN5O3. The molecule has 0 fully saturated rings. The predicted molar refractivity (Wildman–Crippen MR) is 94.6 cm³/mol. The Bertz CT molecular complexity index is 414. The van der Waals surface area contributed by atoms with Gasteiger partial charge in [0.2, 0.25) is 5.89 Å². The number of rotatable bonds is 10. The zero-order valence-corrected chi connectivity index (χ0v) is 15.8. The van der Waals surface area contributed by atoms with Gasteiger partial charge in [-0.3, -0.25) is 0 Å². The first-order valence-corrected chi connectivity index (χ1v) is 7.14. The van der Waals surface area contributed by atoms with Gasteiger partial charge in [0.25, 0.3) is 0 Å². The minimum Gasteiger partial charge on any atom is -0.382 e. The Hall–Kier alpha value is -0.940. The largest absolute Gasteiger partial charge is 0.382 e. The van der Waals surface area contributed by atoms with E-state index in [0.717, 1.165) is 25.5 Å². The van der Waals surface area contributed by atoms with Gasteiger partial charge in [-0.05, 0) is 20.3 Å². The maximum Gasteiger partial charge on any atom is 0.248 e. The average Bonchev–Trinajstić information content (AvgIpc) is 2.89. The van der Waals surface area contributed by atoms with Gasteiger partial charge in [0.05, 0.1) is 13.2 Å². The highest BCUT2D eigenvalue weighted by molar-refractivity contribution is 14.0. The third kappa shape index (κ3) is 9.90. The molecule has 1 rings (SSSR count). The molecule has 1 aromatic heterocycles. The maximum atomic E-state index is 5.39. The lowest BCUT2D eigenvalue weighted by atomic mass is 10.4. The number of nitrogens with zero attached hydrogens (tertiary/aromatic N) is 3. The number of aliphatic imine (C=N–C) groups is 1. The molecular weight excluding hydrogens is 401 g/mol. The zero-order chi connectivity index (χ0) is 15.3. The van der Waals surface area contributed by atoms with E-state index in [4.69, 9.17) is 14.0 Å². The highest BCUT2D eigenvalue weighted by Crippen LogP contribution is 1.97. The first-order valence-electron chi connectivity index (χ1n) is 7.14. The van der Waals surface area contributed by atoms with E-state index in [2.05, 4.69) is 25.8 Å². The van der Waals surface area contributed by atoms with Gasteiger partial charge in [0, 0.05) is 26.8 Å². The maximum absolute atomic E-state index is 5.39. The minimum absolute atomic E-state index is 0. The van der Waals surface area contributed by atoms with Crippen molar-refractivity contribution in [3.8, 4) is 0 Å². The Balaban J connectivity index is 0.00000441. The van der Waals surface area contributed by atoms with E-state index in [1.165, 1.54) is 0 Å². The van der Waals surface area contributed by atoms with Gasteiger partial charge < -0.3 is 24.6 Å². The third-order valence-electron chi connectivity index (χ3n) is 2.48. The van der Waals surface area contributed by atoms with Crippen LogP contribution in [0.3, 0.4) is 0 Å². The van der Waals surface area contributed by atoms with Crippen LogP contribution in [-0.2, 0) is 16.0 Å². The Morgan fingerprint density at radius 3 is 2.73 bits per heavy atom. The molecule has 0 aliphatic heterocycles. The monoisotopic (exact) mass is 427 g/mol. The molecule has 0 atom stereocenters. The van der Waals surface area contributed by atoms with Crippen molar-refractivity contribution in [2.45, 2.75) is 26.8 Å². The third-order valence-corrected chi connectivity index (χ3v) is 2.48. The molecule has 9 heteroatoms. The van der Waals surface area contributed by atoms with Gasteiger partial charge in [0.1, 0.15) is 6.54 Å². The van der Waals surface area contributed by atoms with Crippen LogP contribution in [0.15, 0.2) is 9.52 Å². The van der Waals surface area contributed by atoms with Crippen LogP contribution in [-0.4, -0.2) is 56.1 Å². The van der Waals surface area contributed by atoms with E-state index >= 15 is 0 Å². The quantitative estimate of drug-likeness (QED) is 0.250. The summed E-state index contributed by atoms with van der Waals surface area (Å²) in [6.07, 6.45) is 0.897. The van der Waals surface area contributed by atoms with Crippen molar-refractivity contribution >= 4 is 29.9 Å². The van der Waals surface area contributed by atoms with Gasteiger partial charge >= 0.3 is 0 Å². The summed E-state index contributed by atoms with van der Waals surface area (Å²) in [6, 6.07) is 0. The number of nitrogens with one attached hydrogen (secondary N) is 2. The normalized spacial score (nSPS) is 11.1. The lowest BCUT2D eigenvalue weighted by Gasteiger charge is -2.10. The fraction of sp³-hybridized carbons (Fsp3) is 0.769. The molecule has 8 nitrogen and oxygen atoms in total. The lowest BCUT2D eigenvalue weighted by molar-refractivity contribution is 0.0698. The van der Waals surface area contributed by atoms with Crippen LogP contribution < -0.4 is 10.6 Å². The molecule has 0 bridgehead atoms. The molecule has 0 spiro atoms. The van der Waals surface area contributed by atoms with Gasteiger partial charge in [-0.15, -0.1) is 24.0 Å². The van der Waals surface area contributed by atoms with Crippen LogP contribution >= 0.6 is 24.0 Å². The molecule has 0 radical (unpaired) electrons. The number of guanidine groups is 1. The summed E-state index contributed by atoms with van der Waals surface area (Å²) in [5.74, 6) is 1.85. The fourth-order valence-corrected chi connectivity index (χ4v) is 1.52. The number of hydrogen-bond acceptors (Lipinski definition) is 6. The molecule has 0 aliphatic carbocycles. The van der Waals surface area contributed by atoms with Crippen molar-refractivity contribution in [2.24, 2.45) is 4.99 Å². The Morgan fingerprint density at radius 1 is 1.27 bits per heavy atom. The van der Waals surface area contributed by atoms with E-state index in [-0.39, 0.29) is 24.0 Å². The Labute approximate surface area is 148 Å². The molecule has 0 saturated heterocycles. The number of methoxy groups -OCH3 is 1. The molecule has 0 aliphatic rings. The SMILES string of the molecule is CCNC(=NCc1nc(C)no1)NCCCOCCOC.I. The fourth-order valence-electron chi connectivity index (χ4n) is 1.52. The smallest absolute Gasteiger partial charge is 0.248 e. The van der Waals surface area contributed by atoms with Gasteiger partial charge in [-0.25, -0.2) is 4.99 Å². The number of aryl methyl sites for hydroxylation is 1. The Morgan fingerprint density at radius 2 is 2.09 bits per heavy atom. The van der Waals surface area contributed by atoms with Crippen LogP contribution in [0.25, 0.3) is 0 Å². The first kappa shape index (κ1) is 21.1. The second kappa shape index (κ2) is 13.7. The van der Waals surface area contributed by atoms with Crippen LogP contribution in [0.5, 0.6) is 0 Å². The molecule has 0 unspecified atom stereocenters. The van der Waals surface area contributed by atoms with Crippen LogP contribution in [0.4, 0.5) is 0 Å². The highest BCUT2D eigenvalue weighted by atomic mass is 127. The van der Waals surface area contributed by atoms with Crippen molar-refractivity contribution in [2.75, 3.05) is 40.0 Å². The van der Waals surface area contributed by atoms with E-state index in [0.29, 0.717) is 38.1 Å². The second-order valence-electron chi connectivity index (χ2n) is 4.32. The van der Waals surface area contributed by atoms with E-state index in [9.17, 15) is 0 Å². The minimum atomic E-state index is 0. The summed E-state index contributed by atoms with van der Waals surface area (Å²) in [4.78, 5) is 8.49. The number of ether oxygens (including phenoxy) is 2. The molecule has 0 saturated carbocycles. The number of aromatic nitrogens is 2. The van der Waals surface area contributed by atoms with Gasteiger partial charge in [-0.1, -0.05) is 5.16 Å². The number of hydrogen-bond donors (Lipinski definition) is 2. The molecule has 128 valence electrons. The topological polar surface area (TPSA) is 93.8 Å². The summed E-state index contributed by atoms with van der Waals surface area (Å²) in [5, 5.41) is 10.1. The predicted octanol–water partition coefficient (Wildman–Crippen LogP) is 1.10. The van der Waals surface area contributed by atoms with Crippen molar-refractivity contribution < 1.29 is 14.0 Å². The van der Waals surface area contributed by atoms with Crippen molar-refractivity contribution in [3.05, 3.63) is 11.7 Å². The summed E-state index contributed by atoms with van der Waals surface area (Å²) in [6.45, 7) is 7.67. The molecule has 1 aromatic rings. The van der Waals surface area contributed by atoms with Crippen molar-refractivity contribution in [1.29, 1.82) is 0 Å². The van der Waals surface area contributed by atoms with Crippen LogP contribution in [0.2, 0.25) is 0 Å². The van der Waals surface area contributed by atoms with Crippen LogP contribution in [0, 0.1) is 6.92 Å². The standard InChI is InChI=1S/C13H25N5O3.HI/c1-4-14-13(15-6-5-7-20-9-8-19-3)16-10-12-17-11(2)18-21-12;/h4-10H2,1-3H3,(H2,14,15,16);1H. The summed E-state index contributed by atoms with van der Waals surface area (Å²) in [7, 11) is 1.66. The molecule has 22 heavy (non-hydrogen) atoms. The lowest BCUT2D eigenvalue weighted by Crippen LogP contribution is -2.38. The summed E-state index contributed by atoms with van der Waals surface area (Å²) >= 11 is 0. The first-order chi connectivity index (χ1) is 10.3. The molecule has 0 aromatic carbocycles. The number of halogens is 1. The summed E-state index contributed by atoms with van der Waals surface area (Å²) < 4.78 is 15.3. The Kier molecular flexibility index (Phi) is 13.1. The molecule has 1 heterocycles. The molecule has 2 N–H and O–H groups in total. The van der Waals surface area contributed by atoms with Gasteiger partial charge in [0.15, 0.2) is 11.8 Å². The second-order valence-corrected chi connectivity index (χ2v) is 4.32. The van der Waals surface area contributed by atoms with E-state index < -0.39 is 0 Å².